The van der Waals surface area contributed by atoms with E-state index >= 15 is 0 Å². The molecular weight excluding hydrogens is 210 g/mol. The monoisotopic (exact) mass is 229 g/mol. The van der Waals surface area contributed by atoms with E-state index < -0.39 is 0 Å². The summed E-state index contributed by atoms with van der Waals surface area (Å²) in [4.78, 5) is 4.36. The Balaban J connectivity index is 2.44. The molecule has 0 fully saturated rings. The Morgan fingerprint density at radius 1 is 1.35 bits per heavy atom. The van der Waals surface area contributed by atoms with Gasteiger partial charge in [0.1, 0.15) is 5.82 Å². The van der Waals surface area contributed by atoms with Gasteiger partial charge in [0.05, 0.1) is 0 Å². The third-order valence-electron chi connectivity index (χ3n) is 2.83. The Bertz CT molecular complexity index is 486. The van der Waals surface area contributed by atoms with Gasteiger partial charge in [-0.25, -0.2) is 4.98 Å². The van der Waals surface area contributed by atoms with Crippen molar-refractivity contribution in [3.8, 4) is 5.69 Å². The van der Waals surface area contributed by atoms with Gasteiger partial charge in [0, 0.05) is 30.5 Å². The van der Waals surface area contributed by atoms with Gasteiger partial charge in [-0.2, -0.15) is 0 Å². The second-order valence-corrected chi connectivity index (χ2v) is 4.38. The molecule has 3 heteroatoms. The maximum atomic E-state index is 5.89. The maximum absolute atomic E-state index is 5.89. The van der Waals surface area contributed by atoms with Crippen LogP contribution in [0.15, 0.2) is 36.7 Å². The van der Waals surface area contributed by atoms with Gasteiger partial charge < -0.3 is 10.3 Å². The smallest absolute Gasteiger partial charge is 0.112 e. The van der Waals surface area contributed by atoms with Gasteiger partial charge in [-0.05, 0) is 25.0 Å². The first-order chi connectivity index (χ1) is 8.22. The summed E-state index contributed by atoms with van der Waals surface area (Å²) in [5.74, 6) is 1.09. The normalized spacial score (nSPS) is 12.6. The van der Waals surface area contributed by atoms with Crippen molar-refractivity contribution in [2.75, 3.05) is 0 Å². The van der Waals surface area contributed by atoms with E-state index in [0.717, 1.165) is 18.7 Å². The van der Waals surface area contributed by atoms with Gasteiger partial charge in [0.25, 0.3) is 0 Å². The molecule has 1 unspecified atom stereocenters. The number of rotatable bonds is 4. The minimum atomic E-state index is 0.171. The zero-order chi connectivity index (χ0) is 12.3. The van der Waals surface area contributed by atoms with Crippen LogP contribution in [-0.2, 0) is 12.8 Å². The van der Waals surface area contributed by atoms with Crippen LogP contribution in [0.3, 0.4) is 0 Å². The Morgan fingerprint density at radius 2 is 2.12 bits per heavy atom. The molecule has 1 aromatic carbocycles. The van der Waals surface area contributed by atoms with Crippen molar-refractivity contribution >= 4 is 0 Å². The van der Waals surface area contributed by atoms with Crippen molar-refractivity contribution in [2.24, 2.45) is 5.73 Å². The largest absolute Gasteiger partial charge is 0.328 e. The highest BCUT2D eigenvalue weighted by Gasteiger charge is 2.08. The van der Waals surface area contributed by atoms with E-state index in [-0.39, 0.29) is 6.04 Å². The summed E-state index contributed by atoms with van der Waals surface area (Å²) in [5, 5.41) is 0. The van der Waals surface area contributed by atoms with Crippen molar-refractivity contribution < 1.29 is 0 Å². The molecule has 0 aliphatic rings. The quantitative estimate of drug-likeness (QED) is 0.874. The van der Waals surface area contributed by atoms with Gasteiger partial charge in [-0.1, -0.05) is 25.1 Å². The number of aryl methyl sites for hydroxylation is 1. The molecule has 2 aromatic rings. The van der Waals surface area contributed by atoms with Crippen LogP contribution >= 0.6 is 0 Å². The van der Waals surface area contributed by atoms with Crippen LogP contribution in [0, 0.1) is 0 Å². The minimum Gasteiger partial charge on any atom is -0.328 e. The fraction of sp³-hybridized carbons (Fsp3) is 0.357. The van der Waals surface area contributed by atoms with Crippen LogP contribution in [0.4, 0.5) is 0 Å². The number of hydrogen-bond donors (Lipinski definition) is 1. The lowest BCUT2D eigenvalue weighted by Gasteiger charge is -2.14. The SMILES string of the molecule is CCc1nccn1-c1ccccc1CC(C)N. The van der Waals surface area contributed by atoms with E-state index in [1.165, 1.54) is 11.3 Å². The Morgan fingerprint density at radius 3 is 2.82 bits per heavy atom. The first-order valence-corrected chi connectivity index (χ1v) is 6.08. The van der Waals surface area contributed by atoms with Gasteiger partial charge >= 0.3 is 0 Å². The van der Waals surface area contributed by atoms with Crippen LogP contribution in [0.1, 0.15) is 25.2 Å². The second-order valence-electron chi connectivity index (χ2n) is 4.38. The average Bonchev–Trinajstić information content (AvgIpc) is 2.77. The molecule has 90 valence electrons. The highest BCUT2D eigenvalue weighted by Crippen LogP contribution is 2.17. The third-order valence-corrected chi connectivity index (χ3v) is 2.83. The zero-order valence-corrected chi connectivity index (χ0v) is 10.4. The second kappa shape index (κ2) is 5.15. The molecule has 0 spiro atoms. The van der Waals surface area contributed by atoms with Gasteiger partial charge in [-0.15, -0.1) is 0 Å². The molecule has 3 nitrogen and oxygen atoms in total. The molecule has 2 rings (SSSR count). The fourth-order valence-corrected chi connectivity index (χ4v) is 2.08. The molecular formula is C14H19N3. The number of nitrogens with two attached hydrogens (primary N) is 1. The highest BCUT2D eigenvalue weighted by molar-refractivity contribution is 5.42. The number of para-hydroxylation sites is 1. The molecule has 1 heterocycles. The summed E-state index contributed by atoms with van der Waals surface area (Å²) in [7, 11) is 0. The molecule has 0 aliphatic heterocycles. The molecule has 2 N–H and O–H groups in total. The summed E-state index contributed by atoms with van der Waals surface area (Å²) in [6.45, 7) is 4.15. The van der Waals surface area contributed by atoms with Crippen LogP contribution in [0.25, 0.3) is 5.69 Å². The number of benzene rings is 1. The fourth-order valence-electron chi connectivity index (χ4n) is 2.08. The maximum Gasteiger partial charge on any atom is 0.112 e. The van der Waals surface area contributed by atoms with E-state index in [4.69, 9.17) is 5.73 Å². The summed E-state index contributed by atoms with van der Waals surface area (Å²) in [6.07, 6.45) is 5.68. The van der Waals surface area contributed by atoms with Crippen LogP contribution in [-0.4, -0.2) is 15.6 Å². The Labute approximate surface area is 102 Å². The Hall–Kier alpha value is -1.61. The first kappa shape index (κ1) is 11.9. The van der Waals surface area contributed by atoms with Gasteiger partial charge in [-0.3, -0.25) is 0 Å². The summed E-state index contributed by atoms with van der Waals surface area (Å²) in [5.41, 5.74) is 8.36. The number of nitrogens with zero attached hydrogens (tertiary/aromatic N) is 2. The van der Waals surface area contributed by atoms with E-state index in [2.05, 4.69) is 40.7 Å². The summed E-state index contributed by atoms with van der Waals surface area (Å²) < 4.78 is 2.15. The van der Waals surface area contributed by atoms with Crippen molar-refractivity contribution in [1.29, 1.82) is 0 Å². The topological polar surface area (TPSA) is 43.8 Å². The molecule has 0 saturated heterocycles. The number of imidazole rings is 1. The molecule has 1 atom stereocenters. The van der Waals surface area contributed by atoms with Crippen LogP contribution in [0.5, 0.6) is 0 Å². The van der Waals surface area contributed by atoms with E-state index in [0.29, 0.717) is 0 Å². The number of aromatic nitrogens is 2. The van der Waals surface area contributed by atoms with Crippen molar-refractivity contribution in [3.05, 3.63) is 48.0 Å². The third kappa shape index (κ3) is 2.56. The summed E-state index contributed by atoms with van der Waals surface area (Å²) in [6, 6.07) is 8.55. The van der Waals surface area contributed by atoms with E-state index in [1.807, 2.05) is 19.3 Å². The standard InChI is InChI=1S/C14H19N3/c1-3-14-16-8-9-17(14)13-7-5-4-6-12(13)10-11(2)15/h4-9,11H,3,10,15H2,1-2H3. The zero-order valence-electron chi connectivity index (χ0n) is 10.4. The molecule has 17 heavy (non-hydrogen) atoms. The lowest BCUT2D eigenvalue weighted by atomic mass is 10.1. The van der Waals surface area contributed by atoms with E-state index in [1.54, 1.807) is 0 Å². The number of hydrogen-bond acceptors (Lipinski definition) is 2. The van der Waals surface area contributed by atoms with E-state index in [9.17, 15) is 0 Å². The molecule has 0 bridgehead atoms. The lowest BCUT2D eigenvalue weighted by molar-refractivity contribution is 0.731. The molecule has 1 aromatic heterocycles. The molecule has 0 saturated carbocycles. The molecule has 0 radical (unpaired) electrons. The minimum absolute atomic E-state index is 0.171. The average molecular weight is 229 g/mol. The Kier molecular flexibility index (Phi) is 3.59. The van der Waals surface area contributed by atoms with Crippen LogP contribution in [0.2, 0.25) is 0 Å². The molecule has 0 aliphatic carbocycles. The lowest BCUT2D eigenvalue weighted by Crippen LogP contribution is -2.19. The van der Waals surface area contributed by atoms with Crippen molar-refractivity contribution in [1.82, 2.24) is 9.55 Å². The highest BCUT2D eigenvalue weighted by atomic mass is 15.1. The first-order valence-electron chi connectivity index (χ1n) is 6.08. The molecule has 0 amide bonds. The predicted molar refractivity (Wildman–Crippen MR) is 70.3 cm³/mol. The summed E-state index contributed by atoms with van der Waals surface area (Å²) >= 11 is 0. The van der Waals surface area contributed by atoms with Crippen molar-refractivity contribution in [3.63, 3.8) is 0 Å². The van der Waals surface area contributed by atoms with Gasteiger partial charge in [0.2, 0.25) is 0 Å². The predicted octanol–water partition coefficient (Wildman–Crippen LogP) is 2.32. The van der Waals surface area contributed by atoms with Crippen molar-refractivity contribution in [2.45, 2.75) is 32.7 Å². The van der Waals surface area contributed by atoms with Gasteiger partial charge in [0.15, 0.2) is 0 Å². The van der Waals surface area contributed by atoms with Crippen LogP contribution < -0.4 is 5.73 Å².